The fourth-order valence-corrected chi connectivity index (χ4v) is 2.76. The summed E-state index contributed by atoms with van der Waals surface area (Å²) in [6, 6.07) is 3.95. The second-order valence-corrected chi connectivity index (χ2v) is 5.01. The number of rotatable bonds is 6. The number of carbonyl (C=O) groups excluding carboxylic acids is 1. The predicted octanol–water partition coefficient (Wildman–Crippen LogP) is 1.28. The summed E-state index contributed by atoms with van der Waals surface area (Å²) in [6.45, 7) is 1.47. The van der Waals surface area contributed by atoms with Crippen LogP contribution in [0.15, 0.2) is 18.3 Å². The summed E-state index contributed by atoms with van der Waals surface area (Å²) in [4.78, 5) is 18.1. The molecule has 104 valence electrons. The van der Waals surface area contributed by atoms with Gasteiger partial charge in [0, 0.05) is 18.8 Å². The molecule has 1 aliphatic carbocycles. The van der Waals surface area contributed by atoms with Crippen LogP contribution in [-0.2, 0) is 0 Å². The Morgan fingerprint density at radius 3 is 2.79 bits per heavy atom. The second kappa shape index (κ2) is 6.52. The highest BCUT2D eigenvalue weighted by Gasteiger charge is 2.26. The average Bonchev–Trinajstić information content (AvgIpc) is 2.93. The molecule has 19 heavy (non-hydrogen) atoms. The van der Waals surface area contributed by atoms with Crippen molar-refractivity contribution >= 4 is 11.7 Å². The zero-order valence-corrected chi connectivity index (χ0v) is 11.2. The molecule has 4 N–H and O–H groups in total. The first-order chi connectivity index (χ1) is 9.24. The van der Waals surface area contributed by atoms with Gasteiger partial charge in [-0.05, 0) is 37.9 Å². The molecule has 1 saturated carbocycles. The van der Waals surface area contributed by atoms with Crippen LogP contribution in [0.2, 0.25) is 0 Å². The zero-order chi connectivity index (χ0) is 13.7. The van der Waals surface area contributed by atoms with Crippen molar-refractivity contribution in [1.82, 2.24) is 4.98 Å². The zero-order valence-electron chi connectivity index (χ0n) is 11.2. The molecule has 0 aliphatic heterocycles. The molecule has 5 heteroatoms. The smallest absolute Gasteiger partial charge is 0.252 e. The number of hydrogen-bond donors (Lipinski definition) is 2. The molecule has 1 aromatic heterocycles. The predicted molar refractivity (Wildman–Crippen MR) is 76.0 cm³/mol. The van der Waals surface area contributed by atoms with Crippen LogP contribution in [-0.4, -0.2) is 30.0 Å². The van der Waals surface area contributed by atoms with Crippen LogP contribution in [0.1, 0.15) is 42.5 Å². The minimum Gasteiger partial charge on any atom is -0.365 e. The maximum absolute atomic E-state index is 11.5. The van der Waals surface area contributed by atoms with Crippen molar-refractivity contribution in [2.45, 2.75) is 38.1 Å². The summed E-state index contributed by atoms with van der Waals surface area (Å²) in [6.07, 6.45) is 7.39. The number of primary amides is 1. The van der Waals surface area contributed by atoms with Gasteiger partial charge in [0.05, 0.1) is 5.56 Å². The number of anilines is 1. The van der Waals surface area contributed by atoms with Crippen LogP contribution in [0.5, 0.6) is 0 Å². The van der Waals surface area contributed by atoms with Gasteiger partial charge in [-0.2, -0.15) is 0 Å². The lowest BCUT2D eigenvalue weighted by atomic mass is 10.1. The Morgan fingerprint density at radius 1 is 1.42 bits per heavy atom. The molecule has 0 bridgehead atoms. The summed E-state index contributed by atoms with van der Waals surface area (Å²) in [7, 11) is 0. The van der Waals surface area contributed by atoms with E-state index in [4.69, 9.17) is 11.5 Å². The van der Waals surface area contributed by atoms with Gasteiger partial charge in [0.2, 0.25) is 0 Å². The molecule has 1 amide bonds. The van der Waals surface area contributed by atoms with Crippen LogP contribution in [0.25, 0.3) is 0 Å². The van der Waals surface area contributed by atoms with Crippen molar-refractivity contribution in [3.05, 3.63) is 23.9 Å². The van der Waals surface area contributed by atoms with Gasteiger partial charge in [0.25, 0.3) is 5.91 Å². The third kappa shape index (κ3) is 3.23. The topological polar surface area (TPSA) is 85.2 Å². The largest absolute Gasteiger partial charge is 0.365 e. The van der Waals surface area contributed by atoms with Crippen molar-refractivity contribution in [3.63, 3.8) is 0 Å². The van der Waals surface area contributed by atoms with E-state index in [-0.39, 0.29) is 0 Å². The summed E-state index contributed by atoms with van der Waals surface area (Å²) in [5, 5.41) is 0. The van der Waals surface area contributed by atoms with E-state index in [1.54, 1.807) is 18.3 Å². The van der Waals surface area contributed by atoms with Crippen molar-refractivity contribution in [1.29, 1.82) is 0 Å². The number of amides is 1. The molecule has 0 radical (unpaired) electrons. The third-order valence-electron chi connectivity index (χ3n) is 3.69. The number of carbonyl (C=O) groups is 1. The molecule has 0 aromatic carbocycles. The van der Waals surface area contributed by atoms with E-state index in [1.807, 2.05) is 0 Å². The first kappa shape index (κ1) is 13.8. The molecule has 1 aromatic rings. The molecule has 0 atom stereocenters. The number of pyridine rings is 1. The lowest BCUT2D eigenvalue weighted by Gasteiger charge is -2.31. The van der Waals surface area contributed by atoms with Gasteiger partial charge in [-0.3, -0.25) is 4.79 Å². The van der Waals surface area contributed by atoms with Crippen LogP contribution in [0, 0.1) is 0 Å². The van der Waals surface area contributed by atoms with Gasteiger partial charge in [-0.1, -0.05) is 12.8 Å². The first-order valence-corrected chi connectivity index (χ1v) is 6.95. The van der Waals surface area contributed by atoms with E-state index in [0.29, 0.717) is 18.2 Å². The molecular formula is C14H22N4O. The highest BCUT2D eigenvalue weighted by atomic mass is 16.1. The molecule has 5 nitrogen and oxygen atoms in total. The lowest BCUT2D eigenvalue weighted by Crippen LogP contribution is -2.37. The van der Waals surface area contributed by atoms with Gasteiger partial charge in [0.1, 0.15) is 5.82 Å². The van der Waals surface area contributed by atoms with E-state index in [2.05, 4.69) is 9.88 Å². The van der Waals surface area contributed by atoms with Crippen molar-refractivity contribution in [2.24, 2.45) is 11.5 Å². The van der Waals surface area contributed by atoms with Gasteiger partial charge < -0.3 is 16.4 Å². The molecule has 0 saturated heterocycles. The Morgan fingerprint density at radius 2 is 2.16 bits per heavy atom. The van der Waals surface area contributed by atoms with Gasteiger partial charge >= 0.3 is 0 Å². The van der Waals surface area contributed by atoms with E-state index in [9.17, 15) is 4.79 Å². The Kier molecular flexibility index (Phi) is 4.74. The van der Waals surface area contributed by atoms with Crippen molar-refractivity contribution in [3.8, 4) is 0 Å². The fourth-order valence-electron chi connectivity index (χ4n) is 2.76. The van der Waals surface area contributed by atoms with Crippen LogP contribution < -0.4 is 16.4 Å². The SMILES string of the molecule is NCCCN(c1ncccc1C(N)=O)C1CCCC1. The van der Waals surface area contributed by atoms with Crippen molar-refractivity contribution < 1.29 is 4.79 Å². The Hall–Kier alpha value is -1.62. The summed E-state index contributed by atoms with van der Waals surface area (Å²) in [5.41, 5.74) is 11.6. The second-order valence-electron chi connectivity index (χ2n) is 5.01. The average molecular weight is 262 g/mol. The molecule has 1 aliphatic rings. The molecule has 2 rings (SSSR count). The van der Waals surface area contributed by atoms with Crippen LogP contribution in [0.3, 0.4) is 0 Å². The Labute approximate surface area is 114 Å². The summed E-state index contributed by atoms with van der Waals surface area (Å²) < 4.78 is 0. The molecular weight excluding hydrogens is 240 g/mol. The molecule has 0 unspecified atom stereocenters. The fraction of sp³-hybridized carbons (Fsp3) is 0.571. The number of hydrogen-bond acceptors (Lipinski definition) is 4. The maximum Gasteiger partial charge on any atom is 0.252 e. The summed E-state index contributed by atoms with van der Waals surface area (Å²) >= 11 is 0. The lowest BCUT2D eigenvalue weighted by molar-refractivity contribution is 0.100. The number of nitrogens with zero attached hydrogens (tertiary/aromatic N) is 2. The van der Waals surface area contributed by atoms with Gasteiger partial charge in [-0.25, -0.2) is 4.98 Å². The highest BCUT2D eigenvalue weighted by molar-refractivity contribution is 5.97. The van der Waals surface area contributed by atoms with Gasteiger partial charge in [0.15, 0.2) is 0 Å². The number of nitrogens with two attached hydrogens (primary N) is 2. The highest BCUT2D eigenvalue weighted by Crippen LogP contribution is 2.29. The molecule has 1 heterocycles. The van der Waals surface area contributed by atoms with E-state index in [1.165, 1.54) is 12.8 Å². The maximum atomic E-state index is 11.5. The van der Waals surface area contributed by atoms with E-state index >= 15 is 0 Å². The van der Waals surface area contributed by atoms with E-state index in [0.717, 1.165) is 31.6 Å². The number of aromatic nitrogens is 1. The molecule has 1 fully saturated rings. The molecule has 0 spiro atoms. The van der Waals surface area contributed by atoms with E-state index < -0.39 is 5.91 Å². The third-order valence-corrected chi connectivity index (χ3v) is 3.69. The normalized spacial score (nSPS) is 15.6. The minimum absolute atomic E-state index is 0.418. The Bertz CT molecular complexity index is 429. The minimum atomic E-state index is -0.418. The Balaban J connectivity index is 2.28. The van der Waals surface area contributed by atoms with Crippen molar-refractivity contribution in [2.75, 3.05) is 18.0 Å². The van der Waals surface area contributed by atoms with Crippen LogP contribution in [0.4, 0.5) is 5.82 Å². The quantitative estimate of drug-likeness (QED) is 0.808. The monoisotopic (exact) mass is 262 g/mol. The van der Waals surface area contributed by atoms with Crippen LogP contribution >= 0.6 is 0 Å². The first-order valence-electron chi connectivity index (χ1n) is 6.95. The standard InChI is InChI=1S/C14H22N4O/c15-8-4-10-18(11-5-1-2-6-11)14-12(13(16)19)7-3-9-17-14/h3,7,9,11H,1-2,4-6,8,10,15H2,(H2,16,19). The van der Waals surface area contributed by atoms with Gasteiger partial charge in [-0.15, -0.1) is 0 Å². The summed E-state index contributed by atoms with van der Waals surface area (Å²) in [5.74, 6) is 0.300.